The van der Waals surface area contributed by atoms with E-state index in [0.29, 0.717) is 17.5 Å². The van der Waals surface area contributed by atoms with Gasteiger partial charge in [0.1, 0.15) is 11.5 Å². The fraction of sp³-hybridized carbons (Fsp3) is 0.0182. The molecule has 282 valence electrons. The van der Waals surface area contributed by atoms with E-state index in [1.807, 2.05) is 79.0 Å². The van der Waals surface area contributed by atoms with E-state index >= 15 is 0 Å². The van der Waals surface area contributed by atoms with Gasteiger partial charge in [-0.25, -0.2) is 15.0 Å². The maximum atomic E-state index is 6.63. The van der Waals surface area contributed by atoms with Crippen molar-refractivity contribution in [2.75, 3.05) is 0 Å². The molecule has 2 aromatic heterocycles. The van der Waals surface area contributed by atoms with Gasteiger partial charge in [-0.15, -0.1) is 0 Å². The molecule has 8 aromatic carbocycles. The largest absolute Gasteiger partial charge is 0.457 e. The Labute approximate surface area is 348 Å². The molecule has 5 heteroatoms. The Morgan fingerprint density at radius 1 is 0.350 bits per heavy atom. The van der Waals surface area contributed by atoms with Crippen molar-refractivity contribution in [3.05, 3.63) is 241 Å². The molecule has 0 radical (unpaired) electrons. The van der Waals surface area contributed by atoms with Gasteiger partial charge in [0.2, 0.25) is 0 Å². The Kier molecular flexibility index (Phi) is 8.63. The van der Waals surface area contributed by atoms with E-state index in [2.05, 4.69) is 140 Å². The van der Waals surface area contributed by atoms with Gasteiger partial charge in [-0.1, -0.05) is 188 Å². The summed E-state index contributed by atoms with van der Waals surface area (Å²) in [5.41, 5.74) is 10.8. The Morgan fingerprint density at radius 2 is 0.817 bits per heavy atom. The van der Waals surface area contributed by atoms with Gasteiger partial charge in [-0.05, 0) is 51.9 Å². The normalized spacial score (nSPS) is 12.6. The van der Waals surface area contributed by atoms with Crippen molar-refractivity contribution in [3.8, 4) is 68.0 Å². The average molecular weight is 769 g/mol. The maximum Gasteiger partial charge on any atom is 0.164 e. The molecule has 0 amide bonds. The lowest BCUT2D eigenvalue weighted by Crippen LogP contribution is -2.34. The minimum atomic E-state index is -0.694. The third-order valence-electron chi connectivity index (χ3n) is 11.5. The average Bonchev–Trinajstić information content (AvgIpc) is 3.33. The van der Waals surface area contributed by atoms with Crippen molar-refractivity contribution < 1.29 is 4.74 Å². The van der Waals surface area contributed by atoms with Gasteiger partial charge in [0.15, 0.2) is 17.5 Å². The van der Waals surface area contributed by atoms with Crippen LogP contribution in [0.3, 0.4) is 0 Å². The highest BCUT2D eigenvalue weighted by Gasteiger charge is 2.45. The van der Waals surface area contributed by atoms with Crippen LogP contribution in [0.15, 0.2) is 219 Å². The molecule has 0 aliphatic carbocycles. The van der Waals surface area contributed by atoms with Gasteiger partial charge in [0, 0.05) is 45.0 Å². The lowest BCUT2D eigenvalue weighted by Gasteiger charge is -2.41. The van der Waals surface area contributed by atoms with Gasteiger partial charge >= 0.3 is 0 Å². The summed E-state index contributed by atoms with van der Waals surface area (Å²) in [6.07, 6.45) is 1.89. The first kappa shape index (κ1) is 35.2. The molecule has 10 aromatic rings. The summed E-state index contributed by atoms with van der Waals surface area (Å²) in [4.78, 5) is 19.8. The Balaban J connectivity index is 1.05. The quantitative estimate of drug-likeness (QED) is 0.162. The number of aromatic nitrogens is 4. The van der Waals surface area contributed by atoms with Crippen LogP contribution in [-0.4, -0.2) is 19.9 Å². The third kappa shape index (κ3) is 6.03. The van der Waals surface area contributed by atoms with E-state index in [1.165, 1.54) is 5.39 Å². The van der Waals surface area contributed by atoms with Crippen LogP contribution in [0.1, 0.15) is 22.3 Å². The number of hydrogen-bond acceptors (Lipinski definition) is 5. The van der Waals surface area contributed by atoms with E-state index in [4.69, 9.17) is 24.7 Å². The minimum absolute atomic E-state index is 0.612. The molecular weight excluding hydrogens is 733 g/mol. The van der Waals surface area contributed by atoms with Crippen molar-refractivity contribution in [2.45, 2.75) is 5.41 Å². The first-order valence-corrected chi connectivity index (χ1v) is 20.1. The minimum Gasteiger partial charge on any atom is -0.457 e. The van der Waals surface area contributed by atoms with Crippen molar-refractivity contribution in [3.63, 3.8) is 0 Å². The molecule has 0 bridgehead atoms. The number of ether oxygens (including phenoxy) is 1. The second-order valence-corrected chi connectivity index (χ2v) is 15.0. The highest BCUT2D eigenvalue weighted by Crippen LogP contribution is 2.55. The van der Waals surface area contributed by atoms with Crippen LogP contribution < -0.4 is 4.74 Å². The van der Waals surface area contributed by atoms with Crippen LogP contribution in [0.25, 0.3) is 67.3 Å². The van der Waals surface area contributed by atoms with E-state index in [1.54, 1.807) is 0 Å². The Bertz CT molecular complexity index is 3060. The predicted octanol–water partition coefficient (Wildman–Crippen LogP) is 13.2. The number of pyridine rings is 1. The Hall–Kier alpha value is -8.02. The van der Waals surface area contributed by atoms with E-state index in [0.717, 1.165) is 78.2 Å². The van der Waals surface area contributed by atoms with E-state index < -0.39 is 5.41 Å². The topological polar surface area (TPSA) is 60.8 Å². The number of para-hydroxylation sites is 2. The van der Waals surface area contributed by atoms with Crippen molar-refractivity contribution in [1.29, 1.82) is 0 Å². The predicted molar refractivity (Wildman–Crippen MR) is 241 cm³/mol. The van der Waals surface area contributed by atoms with Gasteiger partial charge < -0.3 is 4.74 Å². The van der Waals surface area contributed by atoms with Crippen LogP contribution >= 0.6 is 0 Å². The highest BCUT2D eigenvalue weighted by molar-refractivity contribution is 5.95. The first-order valence-electron chi connectivity index (χ1n) is 20.1. The van der Waals surface area contributed by atoms with Crippen LogP contribution in [0.5, 0.6) is 11.5 Å². The molecule has 0 spiro atoms. The molecule has 0 saturated heterocycles. The van der Waals surface area contributed by atoms with Crippen LogP contribution in [0.4, 0.5) is 0 Å². The fourth-order valence-electron chi connectivity index (χ4n) is 8.70. The summed E-state index contributed by atoms with van der Waals surface area (Å²) in [7, 11) is 0. The summed E-state index contributed by atoms with van der Waals surface area (Å²) in [5.74, 6) is 3.54. The third-order valence-corrected chi connectivity index (χ3v) is 11.5. The van der Waals surface area contributed by atoms with Gasteiger partial charge in [0.25, 0.3) is 0 Å². The number of nitrogens with zero attached hydrogens (tertiary/aromatic N) is 4. The van der Waals surface area contributed by atoms with Crippen molar-refractivity contribution in [1.82, 2.24) is 19.9 Å². The molecule has 11 rings (SSSR count). The standard InChI is InChI=1S/C55H36N4O/c1-3-15-39(16-4-1)52-57-53(40-17-5-2-6-18-40)59-54(58-52)41-28-32-45(33-29-41)55(47-22-9-11-24-49(47)60-50-25-12-10-23-48(50)55)44-30-26-37(27-31-44)42-19-13-20-43(36-42)51-46-21-8-7-14-38(46)34-35-56-51/h1-36H. The lowest BCUT2D eigenvalue weighted by atomic mass is 9.63. The van der Waals surface area contributed by atoms with Gasteiger partial charge in [0.05, 0.1) is 11.1 Å². The molecule has 0 unspecified atom stereocenters. The molecule has 0 fully saturated rings. The van der Waals surface area contributed by atoms with E-state index in [-0.39, 0.29) is 0 Å². The molecule has 60 heavy (non-hydrogen) atoms. The second-order valence-electron chi connectivity index (χ2n) is 15.0. The SMILES string of the molecule is c1ccc(-c2nc(-c3ccccc3)nc(-c3ccc(C4(c5ccc(-c6cccc(-c7nccc8ccccc78)c6)cc5)c5ccccc5Oc5ccccc54)cc3)n2)cc1. The summed E-state index contributed by atoms with van der Waals surface area (Å²) >= 11 is 0. The first-order chi connectivity index (χ1) is 29.7. The summed E-state index contributed by atoms with van der Waals surface area (Å²) in [5, 5.41) is 2.32. The summed E-state index contributed by atoms with van der Waals surface area (Å²) < 4.78 is 6.63. The molecule has 0 saturated carbocycles. The second kappa shape index (κ2) is 14.7. The van der Waals surface area contributed by atoms with Crippen LogP contribution in [0, 0.1) is 0 Å². The summed E-state index contributed by atoms with van der Waals surface area (Å²) in [6, 6.07) is 73.8. The highest BCUT2D eigenvalue weighted by atomic mass is 16.5. The molecule has 0 atom stereocenters. The zero-order valence-electron chi connectivity index (χ0n) is 32.5. The smallest absolute Gasteiger partial charge is 0.164 e. The van der Waals surface area contributed by atoms with Gasteiger partial charge in [-0.3, -0.25) is 4.98 Å². The fourth-order valence-corrected chi connectivity index (χ4v) is 8.70. The number of rotatable bonds is 7. The van der Waals surface area contributed by atoms with Crippen molar-refractivity contribution >= 4 is 10.8 Å². The molecule has 1 aliphatic rings. The number of fused-ring (bicyclic) bond motifs is 3. The Morgan fingerprint density at radius 3 is 1.42 bits per heavy atom. The zero-order valence-corrected chi connectivity index (χ0v) is 32.5. The lowest BCUT2D eigenvalue weighted by molar-refractivity contribution is 0.434. The van der Waals surface area contributed by atoms with Gasteiger partial charge in [-0.2, -0.15) is 0 Å². The van der Waals surface area contributed by atoms with Crippen LogP contribution in [0.2, 0.25) is 0 Å². The molecule has 5 nitrogen and oxygen atoms in total. The van der Waals surface area contributed by atoms with E-state index in [9.17, 15) is 0 Å². The van der Waals surface area contributed by atoms with Crippen molar-refractivity contribution in [2.24, 2.45) is 0 Å². The number of hydrogen-bond donors (Lipinski definition) is 0. The zero-order chi connectivity index (χ0) is 39.9. The monoisotopic (exact) mass is 768 g/mol. The molecule has 3 heterocycles. The van der Waals surface area contributed by atoms with Crippen LogP contribution in [-0.2, 0) is 5.41 Å². The molecular formula is C55H36N4O. The summed E-state index contributed by atoms with van der Waals surface area (Å²) in [6.45, 7) is 0. The number of benzene rings is 8. The molecule has 1 aliphatic heterocycles. The maximum absolute atomic E-state index is 6.63. The molecule has 0 N–H and O–H groups in total.